The Morgan fingerprint density at radius 2 is 1.85 bits per heavy atom. The lowest BCUT2D eigenvalue weighted by Crippen LogP contribution is -2.44. The van der Waals surface area contributed by atoms with Gasteiger partial charge in [-0.05, 0) is 38.1 Å². The highest BCUT2D eigenvalue weighted by Crippen LogP contribution is 2.30. The molecule has 1 aliphatic heterocycles. The van der Waals surface area contributed by atoms with Crippen LogP contribution >= 0.6 is 0 Å². The monoisotopic (exact) mass is 460 g/mol. The molecule has 1 atom stereocenters. The van der Waals surface area contributed by atoms with Crippen molar-refractivity contribution in [2.75, 3.05) is 36.5 Å². The number of primary amides is 1. The van der Waals surface area contributed by atoms with E-state index in [2.05, 4.69) is 22.5 Å². The first kappa shape index (κ1) is 23.2. The van der Waals surface area contributed by atoms with Gasteiger partial charge >= 0.3 is 6.03 Å². The summed E-state index contributed by atoms with van der Waals surface area (Å²) in [4.78, 5) is 35.6. The summed E-state index contributed by atoms with van der Waals surface area (Å²) in [7, 11) is 0. The largest absolute Gasteiger partial charge is 0.377 e. The molecule has 9 nitrogen and oxygen atoms in total. The van der Waals surface area contributed by atoms with Crippen molar-refractivity contribution in [3.63, 3.8) is 0 Å². The Morgan fingerprint density at radius 1 is 1.12 bits per heavy atom. The summed E-state index contributed by atoms with van der Waals surface area (Å²) in [6, 6.07) is 16.3. The van der Waals surface area contributed by atoms with Crippen LogP contribution in [0.25, 0.3) is 22.5 Å². The van der Waals surface area contributed by atoms with E-state index >= 15 is 0 Å². The second-order valence-corrected chi connectivity index (χ2v) is 8.03. The second kappa shape index (κ2) is 10.3. The minimum atomic E-state index is -0.516. The number of amides is 3. The van der Waals surface area contributed by atoms with Crippen molar-refractivity contribution in [2.45, 2.75) is 19.9 Å². The van der Waals surface area contributed by atoms with Gasteiger partial charge in [-0.25, -0.2) is 14.8 Å². The van der Waals surface area contributed by atoms with E-state index in [1.165, 1.54) is 0 Å². The molecular weight excluding hydrogens is 432 g/mol. The number of morpholine rings is 1. The first-order chi connectivity index (χ1) is 16.5. The number of benzene rings is 2. The first-order valence-electron chi connectivity index (χ1n) is 11.2. The van der Waals surface area contributed by atoms with E-state index in [1.54, 1.807) is 12.1 Å². The Kier molecular flexibility index (Phi) is 7.03. The van der Waals surface area contributed by atoms with Crippen LogP contribution in [0.1, 0.15) is 24.2 Å². The highest BCUT2D eigenvalue weighted by molar-refractivity contribution is 5.99. The van der Waals surface area contributed by atoms with Gasteiger partial charge in [-0.3, -0.25) is 4.79 Å². The van der Waals surface area contributed by atoms with Crippen LogP contribution in [0.2, 0.25) is 0 Å². The molecule has 1 aromatic heterocycles. The van der Waals surface area contributed by atoms with Gasteiger partial charge in [0.05, 0.1) is 30.6 Å². The van der Waals surface area contributed by atoms with Gasteiger partial charge < -0.3 is 26.0 Å². The number of carbonyl (C=O) groups excluding carboxylic acids is 2. The topological polar surface area (TPSA) is 122 Å². The molecule has 9 heteroatoms. The molecule has 1 fully saturated rings. The van der Waals surface area contributed by atoms with Crippen LogP contribution < -0.4 is 21.3 Å². The minimum Gasteiger partial charge on any atom is -0.377 e. The number of nitrogens with two attached hydrogens (primary N) is 1. The van der Waals surface area contributed by atoms with Gasteiger partial charge in [0.15, 0.2) is 0 Å². The second-order valence-electron chi connectivity index (χ2n) is 8.03. The fourth-order valence-electron chi connectivity index (χ4n) is 3.85. The highest BCUT2D eigenvalue weighted by atomic mass is 16.5. The van der Waals surface area contributed by atoms with Crippen molar-refractivity contribution in [3.8, 4) is 22.5 Å². The fourth-order valence-corrected chi connectivity index (χ4v) is 3.85. The van der Waals surface area contributed by atoms with Gasteiger partial charge in [-0.1, -0.05) is 30.3 Å². The number of nitrogens with one attached hydrogen (secondary N) is 2. The number of urea groups is 1. The maximum absolute atomic E-state index is 12.1. The Balaban J connectivity index is 1.77. The molecule has 0 saturated carbocycles. The van der Waals surface area contributed by atoms with E-state index < -0.39 is 5.91 Å². The number of carbonyl (C=O) groups is 2. The molecule has 1 saturated heterocycles. The zero-order chi connectivity index (χ0) is 24.1. The van der Waals surface area contributed by atoms with Gasteiger partial charge in [0.25, 0.3) is 0 Å². The summed E-state index contributed by atoms with van der Waals surface area (Å²) in [5, 5.41) is 5.50. The summed E-state index contributed by atoms with van der Waals surface area (Å²) in [5.41, 5.74) is 9.51. The molecule has 4 rings (SSSR count). The zero-order valence-corrected chi connectivity index (χ0v) is 19.2. The summed E-state index contributed by atoms with van der Waals surface area (Å²) in [6.45, 7) is 6.30. The molecule has 0 aliphatic carbocycles. The molecule has 0 bridgehead atoms. The summed E-state index contributed by atoms with van der Waals surface area (Å²) in [5.74, 6) is 0.0462. The third-order valence-electron chi connectivity index (χ3n) is 5.58. The number of rotatable bonds is 6. The quantitative estimate of drug-likeness (QED) is 0.519. The highest BCUT2D eigenvalue weighted by Gasteiger charge is 2.23. The molecule has 1 unspecified atom stereocenters. The normalized spacial score (nSPS) is 15.6. The fraction of sp³-hybridized carbons (Fsp3) is 0.280. The molecule has 4 N–H and O–H groups in total. The van der Waals surface area contributed by atoms with Crippen LogP contribution in [0, 0.1) is 0 Å². The van der Waals surface area contributed by atoms with Crippen molar-refractivity contribution >= 4 is 23.6 Å². The molecule has 176 valence electrons. The van der Waals surface area contributed by atoms with Gasteiger partial charge in [0.1, 0.15) is 0 Å². The first-order valence-corrected chi connectivity index (χ1v) is 11.2. The Morgan fingerprint density at radius 3 is 2.56 bits per heavy atom. The van der Waals surface area contributed by atoms with Gasteiger partial charge in [0.2, 0.25) is 11.9 Å². The maximum Gasteiger partial charge on any atom is 0.319 e. The summed E-state index contributed by atoms with van der Waals surface area (Å²) in [6.07, 6.45) is 0. The average molecular weight is 461 g/mol. The lowest BCUT2D eigenvalue weighted by atomic mass is 10.0. The number of hydrogen-bond acceptors (Lipinski definition) is 6. The lowest BCUT2D eigenvalue weighted by molar-refractivity contribution is 0.0981. The van der Waals surface area contributed by atoms with Gasteiger partial charge in [-0.2, -0.15) is 0 Å². The zero-order valence-electron chi connectivity index (χ0n) is 19.2. The molecular formula is C25H28N6O3. The van der Waals surface area contributed by atoms with Gasteiger partial charge in [0, 0.05) is 35.5 Å². The minimum absolute atomic E-state index is 0.104. The smallest absolute Gasteiger partial charge is 0.319 e. The van der Waals surface area contributed by atoms with Crippen molar-refractivity contribution in [1.29, 1.82) is 0 Å². The molecule has 3 amide bonds. The van der Waals surface area contributed by atoms with Crippen LogP contribution in [-0.2, 0) is 4.74 Å². The molecule has 2 heterocycles. The Labute approximate surface area is 198 Å². The number of aromatic nitrogens is 2. The van der Waals surface area contributed by atoms with E-state index in [9.17, 15) is 9.59 Å². The molecule has 2 aromatic carbocycles. The van der Waals surface area contributed by atoms with Crippen LogP contribution in [-0.4, -0.2) is 54.3 Å². The summed E-state index contributed by atoms with van der Waals surface area (Å²) >= 11 is 0. The predicted molar refractivity (Wildman–Crippen MR) is 132 cm³/mol. The molecule has 34 heavy (non-hydrogen) atoms. The Hall–Kier alpha value is -3.98. The average Bonchev–Trinajstić information content (AvgIpc) is 2.84. The SMILES string of the molecule is CCNC(=O)Nc1ccc(-c2cc(-c3ccccc3C(N)=O)nc(N3CCOCC3C)n2)cc1. The number of ether oxygens (including phenoxy) is 1. The van der Waals surface area contributed by atoms with E-state index in [0.717, 1.165) is 5.56 Å². The van der Waals surface area contributed by atoms with Crippen molar-refractivity contribution in [3.05, 3.63) is 60.2 Å². The van der Waals surface area contributed by atoms with Crippen LogP contribution in [0.15, 0.2) is 54.6 Å². The molecule has 0 radical (unpaired) electrons. The van der Waals surface area contributed by atoms with E-state index in [4.69, 9.17) is 20.4 Å². The standard InChI is InChI=1S/C25H28N6O3/c1-3-27-25(33)28-18-10-8-17(9-11-18)21-14-22(19-6-4-5-7-20(19)23(26)32)30-24(29-21)31-12-13-34-15-16(31)2/h4-11,14,16H,3,12-13,15H2,1-2H3,(H2,26,32)(H2,27,28,33). The Bertz CT molecular complexity index is 1180. The predicted octanol–water partition coefficient (Wildman–Crippen LogP) is 3.28. The third kappa shape index (κ3) is 5.15. The molecule has 3 aromatic rings. The van der Waals surface area contributed by atoms with E-state index in [-0.39, 0.29) is 12.1 Å². The van der Waals surface area contributed by atoms with Crippen molar-refractivity contribution in [2.24, 2.45) is 5.73 Å². The van der Waals surface area contributed by atoms with E-state index in [1.807, 2.05) is 49.4 Å². The van der Waals surface area contributed by atoms with Crippen molar-refractivity contribution in [1.82, 2.24) is 15.3 Å². The van der Waals surface area contributed by atoms with Crippen LogP contribution in [0.3, 0.4) is 0 Å². The molecule has 0 spiro atoms. The summed E-state index contributed by atoms with van der Waals surface area (Å²) < 4.78 is 5.58. The van der Waals surface area contributed by atoms with Crippen molar-refractivity contribution < 1.29 is 14.3 Å². The number of hydrogen-bond donors (Lipinski definition) is 3. The van der Waals surface area contributed by atoms with E-state index in [0.29, 0.717) is 60.5 Å². The van der Waals surface area contributed by atoms with Crippen LogP contribution in [0.5, 0.6) is 0 Å². The number of nitrogens with zero attached hydrogens (tertiary/aromatic N) is 3. The number of anilines is 2. The molecule has 1 aliphatic rings. The maximum atomic E-state index is 12.1. The van der Waals surface area contributed by atoms with Gasteiger partial charge in [-0.15, -0.1) is 0 Å². The van der Waals surface area contributed by atoms with Crippen LogP contribution in [0.4, 0.5) is 16.4 Å². The lowest BCUT2D eigenvalue weighted by Gasteiger charge is -2.33. The third-order valence-corrected chi connectivity index (χ3v) is 5.58.